The van der Waals surface area contributed by atoms with Crippen molar-refractivity contribution in [2.75, 3.05) is 13.1 Å². The first-order valence-corrected chi connectivity index (χ1v) is 7.48. The highest BCUT2D eigenvalue weighted by Gasteiger charge is 2.30. The lowest BCUT2D eigenvalue weighted by Gasteiger charge is -2.17. The maximum Gasteiger partial charge on any atom is 0.255 e. The van der Waals surface area contributed by atoms with Crippen LogP contribution in [0.5, 0.6) is 5.88 Å². The Morgan fingerprint density at radius 3 is 2.91 bits per heavy atom. The highest BCUT2D eigenvalue weighted by molar-refractivity contribution is 6.33. The summed E-state index contributed by atoms with van der Waals surface area (Å²) in [7, 11) is 0. The number of nitrogens with zero attached hydrogens (tertiary/aromatic N) is 4. The van der Waals surface area contributed by atoms with Gasteiger partial charge in [0.25, 0.3) is 11.8 Å². The Labute approximate surface area is 138 Å². The molecule has 1 fully saturated rings. The van der Waals surface area contributed by atoms with Crippen LogP contribution in [-0.4, -0.2) is 40.0 Å². The molecule has 2 aromatic rings. The molecule has 0 bridgehead atoms. The summed E-state index contributed by atoms with van der Waals surface area (Å²) < 4.78 is 5.72. The fourth-order valence-corrected chi connectivity index (χ4v) is 2.68. The fourth-order valence-electron chi connectivity index (χ4n) is 2.46. The van der Waals surface area contributed by atoms with Gasteiger partial charge in [-0.25, -0.2) is 9.97 Å². The molecule has 1 unspecified atom stereocenters. The van der Waals surface area contributed by atoms with Gasteiger partial charge < -0.3 is 9.64 Å². The number of ether oxygens (including phenoxy) is 1. The molecule has 0 spiro atoms. The molecule has 1 aromatic carbocycles. The van der Waals surface area contributed by atoms with Gasteiger partial charge in [0.1, 0.15) is 12.2 Å². The van der Waals surface area contributed by atoms with Crippen molar-refractivity contribution in [2.45, 2.75) is 12.5 Å². The number of rotatable bonds is 3. The zero-order chi connectivity index (χ0) is 16.2. The molecule has 7 heteroatoms. The molecule has 0 N–H and O–H groups in total. The van der Waals surface area contributed by atoms with Gasteiger partial charge in [0.15, 0.2) is 0 Å². The van der Waals surface area contributed by atoms with Crippen LogP contribution < -0.4 is 4.74 Å². The SMILES string of the molecule is N#Cc1nccnc1OC1CCN(C(=O)c2ccccc2Cl)C1. The van der Waals surface area contributed by atoms with E-state index < -0.39 is 0 Å². The van der Waals surface area contributed by atoms with E-state index in [-0.39, 0.29) is 23.6 Å². The summed E-state index contributed by atoms with van der Waals surface area (Å²) >= 11 is 6.07. The van der Waals surface area contributed by atoms with Crippen molar-refractivity contribution in [3.8, 4) is 11.9 Å². The lowest BCUT2D eigenvalue weighted by molar-refractivity contribution is 0.0771. The predicted octanol–water partition coefficient (Wildman–Crippen LogP) is 2.30. The van der Waals surface area contributed by atoms with E-state index in [0.29, 0.717) is 30.1 Å². The third-order valence-electron chi connectivity index (χ3n) is 3.59. The van der Waals surface area contributed by atoms with Crippen LogP contribution in [0.15, 0.2) is 36.7 Å². The third-order valence-corrected chi connectivity index (χ3v) is 3.91. The summed E-state index contributed by atoms with van der Waals surface area (Å²) in [4.78, 5) is 22.1. The molecule has 2 heterocycles. The standard InChI is InChI=1S/C16H13ClN4O2/c17-13-4-2-1-3-12(13)16(22)21-8-5-11(10-21)23-15-14(9-18)19-6-7-20-15/h1-4,6-7,11H,5,8,10H2. The highest BCUT2D eigenvalue weighted by Crippen LogP contribution is 2.22. The van der Waals surface area contributed by atoms with E-state index in [1.54, 1.807) is 29.2 Å². The van der Waals surface area contributed by atoms with Gasteiger partial charge in [0, 0.05) is 25.4 Å². The molecule has 1 amide bonds. The summed E-state index contributed by atoms with van der Waals surface area (Å²) in [5.74, 6) is 0.0772. The number of aromatic nitrogens is 2. The van der Waals surface area contributed by atoms with E-state index in [1.807, 2.05) is 6.07 Å². The topological polar surface area (TPSA) is 79.1 Å². The Morgan fingerprint density at radius 2 is 2.13 bits per heavy atom. The number of amides is 1. The number of nitriles is 1. The first-order chi connectivity index (χ1) is 11.2. The first kappa shape index (κ1) is 15.3. The Bertz CT molecular complexity index is 775. The second-order valence-corrected chi connectivity index (χ2v) is 5.49. The monoisotopic (exact) mass is 328 g/mol. The van der Waals surface area contributed by atoms with Crippen molar-refractivity contribution in [1.82, 2.24) is 14.9 Å². The molecular formula is C16H13ClN4O2. The van der Waals surface area contributed by atoms with E-state index >= 15 is 0 Å². The Morgan fingerprint density at radius 1 is 1.35 bits per heavy atom. The van der Waals surface area contributed by atoms with Gasteiger partial charge in [-0.15, -0.1) is 0 Å². The van der Waals surface area contributed by atoms with Crippen LogP contribution in [0.3, 0.4) is 0 Å². The molecule has 23 heavy (non-hydrogen) atoms. The smallest absolute Gasteiger partial charge is 0.255 e. The van der Waals surface area contributed by atoms with Gasteiger partial charge >= 0.3 is 0 Å². The molecule has 116 valence electrons. The van der Waals surface area contributed by atoms with Crippen molar-refractivity contribution in [3.05, 3.63) is 52.9 Å². The molecule has 1 aliphatic rings. The molecule has 3 rings (SSSR count). The molecule has 1 aliphatic heterocycles. The van der Waals surface area contributed by atoms with Crippen molar-refractivity contribution in [3.63, 3.8) is 0 Å². The minimum atomic E-state index is -0.217. The molecule has 6 nitrogen and oxygen atoms in total. The van der Waals surface area contributed by atoms with Gasteiger partial charge in [-0.05, 0) is 12.1 Å². The number of halogens is 1. The second kappa shape index (κ2) is 6.63. The average Bonchev–Trinajstić information content (AvgIpc) is 3.04. The van der Waals surface area contributed by atoms with E-state index in [9.17, 15) is 4.79 Å². The van der Waals surface area contributed by atoms with Gasteiger partial charge in [0.05, 0.1) is 17.1 Å². The molecule has 1 saturated heterocycles. The summed E-state index contributed by atoms with van der Waals surface area (Å²) in [5, 5.41) is 9.43. The quantitative estimate of drug-likeness (QED) is 0.863. The number of hydrogen-bond acceptors (Lipinski definition) is 5. The van der Waals surface area contributed by atoms with Crippen molar-refractivity contribution < 1.29 is 9.53 Å². The zero-order valence-electron chi connectivity index (χ0n) is 12.1. The van der Waals surface area contributed by atoms with Gasteiger partial charge in [-0.1, -0.05) is 23.7 Å². The largest absolute Gasteiger partial charge is 0.470 e. The summed E-state index contributed by atoms with van der Waals surface area (Å²) in [5.41, 5.74) is 0.621. The van der Waals surface area contributed by atoms with Crippen molar-refractivity contribution in [1.29, 1.82) is 5.26 Å². The fraction of sp³-hybridized carbons (Fsp3) is 0.250. The minimum Gasteiger partial charge on any atom is -0.470 e. The predicted molar refractivity (Wildman–Crippen MR) is 83.1 cm³/mol. The Kier molecular flexibility index (Phi) is 4.40. The number of likely N-dealkylation sites (tertiary alicyclic amines) is 1. The van der Waals surface area contributed by atoms with Gasteiger partial charge in [-0.3, -0.25) is 4.79 Å². The summed E-state index contributed by atoms with van der Waals surface area (Å²) in [6.07, 6.45) is 3.35. The highest BCUT2D eigenvalue weighted by atomic mass is 35.5. The number of carbonyl (C=O) groups excluding carboxylic acids is 1. The summed E-state index contributed by atoms with van der Waals surface area (Å²) in [6.45, 7) is 0.988. The second-order valence-electron chi connectivity index (χ2n) is 5.08. The van der Waals surface area contributed by atoms with Crippen molar-refractivity contribution in [2.24, 2.45) is 0 Å². The van der Waals surface area contributed by atoms with E-state index in [2.05, 4.69) is 9.97 Å². The lowest BCUT2D eigenvalue weighted by Crippen LogP contribution is -2.31. The number of benzene rings is 1. The molecule has 0 radical (unpaired) electrons. The lowest BCUT2D eigenvalue weighted by atomic mass is 10.2. The van der Waals surface area contributed by atoms with Crippen LogP contribution in [0, 0.1) is 11.3 Å². The number of hydrogen-bond donors (Lipinski definition) is 0. The maximum absolute atomic E-state index is 12.5. The van der Waals surface area contributed by atoms with Crippen LogP contribution in [0.4, 0.5) is 0 Å². The van der Waals surface area contributed by atoms with Crippen LogP contribution in [0.1, 0.15) is 22.5 Å². The van der Waals surface area contributed by atoms with Crippen molar-refractivity contribution >= 4 is 17.5 Å². The van der Waals surface area contributed by atoms with Crippen LogP contribution in [0.2, 0.25) is 5.02 Å². The van der Waals surface area contributed by atoms with Crippen LogP contribution in [-0.2, 0) is 0 Å². The summed E-state index contributed by atoms with van der Waals surface area (Å²) in [6, 6.07) is 8.90. The van der Waals surface area contributed by atoms with E-state index in [0.717, 1.165) is 0 Å². The number of carbonyl (C=O) groups is 1. The van der Waals surface area contributed by atoms with Crippen LogP contribution in [0.25, 0.3) is 0 Å². The van der Waals surface area contributed by atoms with Crippen LogP contribution >= 0.6 is 11.6 Å². The first-order valence-electron chi connectivity index (χ1n) is 7.10. The molecule has 1 aromatic heterocycles. The molecule has 0 saturated carbocycles. The van der Waals surface area contributed by atoms with E-state index in [1.165, 1.54) is 12.4 Å². The minimum absolute atomic E-state index is 0.124. The maximum atomic E-state index is 12.5. The molecule has 0 aliphatic carbocycles. The normalized spacial score (nSPS) is 16.9. The van der Waals surface area contributed by atoms with Gasteiger partial charge in [-0.2, -0.15) is 5.26 Å². The zero-order valence-corrected chi connectivity index (χ0v) is 12.9. The Balaban J connectivity index is 1.68. The average molecular weight is 329 g/mol. The van der Waals surface area contributed by atoms with Gasteiger partial charge in [0.2, 0.25) is 5.69 Å². The molecule has 1 atom stereocenters. The molecular weight excluding hydrogens is 316 g/mol. The van der Waals surface area contributed by atoms with E-state index in [4.69, 9.17) is 21.6 Å². The third kappa shape index (κ3) is 3.25. The Hall–Kier alpha value is -2.65.